The third-order valence-corrected chi connectivity index (χ3v) is 3.08. The van der Waals surface area contributed by atoms with Crippen molar-refractivity contribution in [2.75, 3.05) is 0 Å². The van der Waals surface area contributed by atoms with E-state index in [1.165, 1.54) is 0 Å². The molecule has 1 aliphatic carbocycles. The van der Waals surface area contributed by atoms with E-state index in [0.29, 0.717) is 22.6 Å². The molecule has 2 heterocycles. The lowest BCUT2D eigenvalue weighted by Gasteiger charge is -2.02. The molecule has 0 amide bonds. The van der Waals surface area contributed by atoms with Gasteiger partial charge in [0, 0.05) is 5.92 Å². The van der Waals surface area contributed by atoms with Crippen LogP contribution >= 0.6 is 0 Å². The van der Waals surface area contributed by atoms with Crippen molar-refractivity contribution in [1.82, 2.24) is 9.78 Å². The van der Waals surface area contributed by atoms with Crippen molar-refractivity contribution in [2.45, 2.75) is 32.2 Å². The van der Waals surface area contributed by atoms with Gasteiger partial charge >= 0.3 is 5.97 Å². The Hall–Kier alpha value is -2.11. The van der Waals surface area contributed by atoms with Crippen molar-refractivity contribution >= 4 is 16.9 Å². The number of aliphatic carboxylic acids is 1. The zero-order valence-corrected chi connectivity index (χ0v) is 9.84. The molecule has 0 spiro atoms. The molecule has 2 aromatic heterocycles. The van der Waals surface area contributed by atoms with Crippen molar-refractivity contribution in [3.63, 3.8) is 0 Å². The van der Waals surface area contributed by atoms with Gasteiger partial charge in [-0.15, -0.1) is 0 Å². The molecular formula is C12H12N2O4. The maximum Gasteiger partial charge on any atom is 0.325 e. The molecule has 94 valence electrons. The molecular weight excluding hydrogens is 236 g/mol. The van der Waals surface area contributed by atoms with Gasteiger partial charge < -0.3 is 9.52 Å². The van der Waals surface area contributed by atoms with Crippen LogP contribution in [0, 0.1) is 6.92 Å². The van der Waals surface area contributed by atoms with Crippen molar-refractivity contribution in [1.29, 1.82) is 0 Å². The van der Waals surface area contributed by atoms with Crippen LogP contribution in [0.5, 0.6) is 0 Å². The number of nitrogens with zero attached hydrogens (tertiary/aromatic N) is 2. The average molecular weight is 248 g/mol. The molecule has 3 rings (SSSR count). The van der Waals surface area contributed by atoms with Gasteiger partial charge in [0.15, 0.2) is 5.58 Å². The molecule has 1 aliphatic rings. The molecule has 1 fully saturated rings. The van der Waals surface area contributed by atoms with E-state index in [-0.39, 0.29) is 0 Å². The number of rotatable bonds is 3. The van der Waals surface area contributed by atoms with Crippen molar-refractivity contribution < 1.29 is 14.3 Å². The van der Waals surface area contributed by atoms with Crippen LogP contribution in [0.15, 0.2) is 15.3 Å². The van der Waals surface area contributed by atoms with E-state index in [2.05, 4.69) is 5.10 Å². The molecule has 6 heteroatoms. The van der Waals surface area contributed by atoms with Crippen LogP contribution in [0.2, 0.25) is 0 Å². The molecule has 0 saturated heterocycles. The van der Waals surface area contributed by atoms with E-state index in [0.717, 1.165) is 23.3 Å². The van der Waals surface area contributed by atoms with Gasteiger partial charge in [0.1, 0.15) is 18.0 Å². The molecule has 0 atom stereocenters. The smallest absolute Gasteiger partial charge is 0.325 e. The van der Waals surface area contributed by atoms with Crippen LogP contribution in [-0.2, 0) is 11.3 Å². The molecule has 0 bridgehead atoms. The highest BCUT2D eigenvalue weighted by Gasteiger charge is 2.28. The van der Waals surface area contributed by atoms with E-state index >= 15 is 0 Å². The first-order chi connectivity index (χ1) is 8.56. The predicted octanol–water partition coefficient (Wildman–Crippen LogP) is 1.26. The van der Waals surface area contributed by atoms with Gasteiger partial charge in [-0.05, 0) is 25.8 Å². The molecule has 1 N–H and O–H groups in total. The first-order valence-corrected chi connectivity index (χ1v) is 5.79. The zero-order valence-electron chi connectivity index (χ0n) is 9.84. The molecule has 0 aromatic carbocycles. The molecule has 2 aromatic rings. The minimum Gasteiger partial charge on any atom is -0.480 e. The average Bonchev–Trinajstić information content (AvgIpc) is 3.04. The third-order valence-electron chi connectivity index (χ3n) is 3.08. The summed E-state index contributed by atoms with van der Waals surface area (Å²) in [5, 5.41) is 13.1. The van der Waals surface area contributed by atoms with Gasteiger partial charge in [0.05, 0.1) is 5.39 Å². The molecule has 6 nitrogen and oxygen atoms in total. The van der Waals surface area contributed by atoms with Gasteiger partial charge in [-0.1, -0.05) is 0 Å². The normalized spacial score (nSPS) is 15.2. The summed E-state index contributed by atoms with van der Waals surface area (Å²) >= 11 is 0. The van der Waals surface area contributed by atoms with E-state index in [1.807, 2.05) is 0 Å². The van der Waals surface area contributed by atoms with Crippen molar-refractivity contribution in [3.8, 4) is 0 Å². The zero-order chi connectivity index (χ0) is 12.9. The number of aromatic nitrogens is 2. The summed E-state index contributed by atoms with van der Waals surface area (Å²) in [6, 6.07) is 1.72. The van der Waals surface area contributed by atoms with E-state index < -0.39 is 18.1 Å². The summed E-state index contributed by atoms with van der Waals surface area (Å²) in [7, 11) is 0. The standard InChI is InChI=1S/C12H12N2O4/c1-6-11-8(4-9(18-11)7-2-3-7)12(17)14(13-6)5-10(15)16/h4,7H,2-3,5H2,1H3,(H,15,16). The lowest BCUT2D eigenvalue weighted by molar-refractivity contribution is -0.138. The van der Waals surface area contributed by atoms with Crippen molar-refractivity contribution in [2.24, 2.45) is 0 Å². The SMILES string of the molecule is Cc1nn(CC(=O)O)c(=O)c2cc(C3CC3)oc12. The minimum absolute atomic E-state index is 0.407. The summed E-state index contributed by atoms with van der Waals surface area (Å²) in [6.07, 6.45) is 2.16. The van der Waals surface area contributed by atoms with Crippen molar-refractivity contribution in [3.05, 3.63) is 27.9 Å². The Morgan fingerprint density at radius 2 is 2.33 bits per heavy atom. The number of aryl methyl sites for hydroxylation is 1. The molecule has 1 saturated carbocycles. The van der Waals surface area contributed by atoms with Crippen LogP contribution in [0.25, 0.3) is 11.0 Å². The number of carboxylic acid groups (broad SMARTS) is 1. The molecule has 0 radical (unpaired) electrons. The summed E-state index contributed by atoms with van der Waals surface area (Å²) in [4.78, 5) is 22.7. The first-order valence-electron chi connectivity index (χ1n) is 5.79. The van der Waals surface area contributed by atoms with Crippen LogP contribution in [0.3, 0.4) is 0 Å². The summed E-state index contributed by atoms with van der Waals surface area (Å²) in [5.41, 5.74) is 0.606. The number of carbonyl (C=O) groups is 1. The lowest BCUT2D eigenvalue weighted by Crippen LogP contribution is -2.27. The number of hydrogen-bond donors (Lipinski definition) is 1. The Kier molecular flexibility index (Phi) is 2.26. The van der Waals surface area contributed by atoms with Gasteiger partial charge in [0.25, 0.3) is 5.56 Å². The second-order valence-corrected chi connectivity index (χ2v) is 4.61. The fourth-order valence-electron chi connectivity index (χ4n) is 2.05. The number of carboxylic acids is 1. The third kappa shape index (κ3) is 1.70. The molecule has 0 aliphatic heterocycles. The number of fused-ring (bicyclic) bond motifs is 1. The van der Waals surface area contributed by atoms with Crippen LogP contribution in [0.4, 0.5) is 0 Å². The van der Waals surface area contributed by atoms with E-state index in [1.54, 1.807) is 13.0 Å². The Balaban J connectivity index is 2.20. The lowest BCUT2D eigenvalue weighted by atomic mass is 10.2. The van der Waals surface area contributed by atoms with Gasteiger partial charge in [0.2, 0.25) is 0 Å². The van der Waals surface area contributed by atoms with E-state index in [9.17, 15) is 9.59 Å². The highest BCUT2D eigenvalue weighted by atomic mass is 16.4. The van der Waals surface area contributed by atoms with Crippen LogP contribution in [0.1, 0.15) is 30.2 Å². The number of furan rings is 1. The maximum atomic E-state index is 12.0. The monoisotopic (exact) mass is 248 g/mol. The highest BCUT2D eigenvalue weighted by molar-refractivity contribution is 5.79. The summed E-state index contributed by atoms with van der Waals surface area (Å²) in [5.74, 6) is 0.124. The largest absolute Gasteiger partial charge is 0.480 e. The topological polar surface area (TPSA) is 85.3 Å². The number of hydrogen-bond acceptors (Lipinski definition) is 4. The van der Waals surface area contributed by atoms with Gasteiger partial charge in [-0.3, -0.25) is 9.59 Å². The summed E-state index contributed by atoms with van der Waals surface area (Å²) < 4.78 is 6.60. The van der Waals surface area contributed by atoms with Gasteiger partial charge in [-0.25, -0.2) is 4.68 Å². The quantitative estimate of drug-likeness (QED) is 0.883. The van der Waals surface area contributed by atoms with Crippen LogP contribution < -0.4 is 5.56 Å². The fraction of sp³-hybridized carbons (Fsp3) is 0.417. The Labute approximate surface area is 102 Å². The van der Waals surface area contributed by atoms with Gasteiger partial charge in [-0.2, -0.15) is 5.10 Å². The second kappa shape index (κ2) is 3.69. The Morgan fingerprint density at radius 3 is 2.94 bits per heavy atom. The maximum absolute atomic E-state index is 12.0. The first kappa shape index (κ1) is 11.0. The Morgan fingerprint density at radius 1 is 1.61 bits per heavy atom. The molecule has 0 unspecified atom stereocenters. The fourth-order valence-corrected chi connectivity index (χ4v) is 2.05. The highest BCUT2D eigenvalue weighted by Crippen LogP contribution is 2.41. The summed E-state index contributed by atoms with van der Waals surface area (Å²) in [6.45, 7) is 1.28. The minimum atomic E-state index is -1.09. The van der Waals surface area contributed by atoms with E-state index in [4.69, 9.17) is 9.52 Å². The predicted molar refractivity (Wildman–Crippen MR) is 62.6 cm³/mol. The van der Waals surface area contributed by atoms with Crippen LogP contribution in [-0.4, -0.2) is 20.9 Å². The molecule has 18 heavy (non-hydrogen) atoms. The Bertz CT molecular complexity index is 694. The second-order valence-electron chi connectivity index (χ2n) is 4.61.